The monoisotopic (exact) mass is 282 g/mol. The van der Waals surface area contributed by atoms with Gasteiger partial charge in [0.05, 0.1) is 7.11 Å². The second-order valence-electron chi connectivity index (χ2n) is 5.46. The minimum absolute atomic E-state index is 0.252. The SMILES string of the molecule is COc1ccc(C)cc1CC(=O)CCc1ccccc1C. The average Bonchev–Trinajstić information content (AvgIpc) is 2.47. The van der Waals surface area contributed by atoms with Gasteiger partial charge in [-0.25, -0.2) is 0 Å². The van der Waals surface area contributed by atoms with Crippen LogP contribution in [0.3, 0.4) is 0 Å². The van der Waals surface area contributed by atoms with Gasteiger partial charge < -0.3 is 4.74 Å². The van der Waals surface area contributed by atoms with Crippen LogP contribution in [0.1, 0.15) is 28.7 Å². The summed E-state index contributed by atoms with van der Waals surface area (Å²) >= 11 is 0. The number of methoxy groups -OCH3 is 1. The topological polar surface area (TPSA) is 26.3 Å². The van der Waals surface area contributed by atoms with Crippen LogP contribution in [0.15, 0.2) is 42.5 Å². The van der Waals surface area contributed by atoms with Gasteiger partial charge in [-0.15, -0.1) is 0 Å². The Morgan fingerprint density at radius 3 is 2.52 bits per heavy atom. The van der Waals surface area contributed by atoms with Gasteiger partial charge in [0, 0.05) is 18.4 Å². The van der Waals surface area contributed by atoms with Gasteiger partial charge in [0.1, 0.15) is 11.5 Å². The molecule has 0 N–H and O–H groups in total. The highest BCUT2D eigenvalue weighted by molar-refractivity contribution is 5.81. The summed E-state index contributed by atoms with van der Waals surface area (Å²) in [6, 6.07) is 14.2. The fourth-order valence-corrected chi connectivity index (χ4v) is 2.51. The van der Waals surface area contributed by atoms with Crippen molar-refractivity contribution in [3.63, 3.8) is 0 Å². The van der Waals surface area contributed by atoms with E-state index in [-0.39, 0.29) is 5.78 Å². The van der Waals surface area contributed by atoms with E-state index in [1.165, 1.54) is 11.1 Å². The van der Waals surface area contributed by atoms with E-state index in [2.05, 4.69) is 19.1 Å². The zero-order chi connectivity index (χ0) is 15.2. The molecule has 0 heterocycles. The Morgan fingerprint density at radius 1 is 1.05 bits per heavy atom. The van der Waals surface area contributed by atoms with E-state index in [9.17, 15) is 4.79 Å². The third-order valence-electron chi connectivity index (χ3n) is 3.76. The molecule has 2 heteroatoms. The Morgan fingerprint density at radius 2 is 1.81 bits per heavy atom. The predicted octanol–water partition coefficient (Wildman–Crippen LogP) is 4.06. The van der Waals surface area contributed by atoms with Gasteiger partial charge in [-0.3, -0.25) is 4.79 Å². The van der Waals surface area contributed by atoms with Crippen LogP contribution in [0.2, 0.25) is 0 Å². The molecule has 0 aromatic heterocycles. The van der Waals surface area contributed by atoms with Crippen molar-refractivity contribution in [2.75, 3.05) is 7.11 Å². The molecule has 0 amide bonds. The molecule has 0 atom stereocenters. The highest BCUT2D eigenvalue weighted by Crippen LogP contribution is 2.21. The Bertz CT molecular complexity index is 629. The molecular weight excluding hydrogens is 260 g/mol. The van der Waals surface area contributed by atoms with Gasteiger partial charge in [0.15, 0.2) is 0 Å². The number of hydrogen-bond acceptors (Lipinski definition) is 2. The summed E-state index contributed by atoms with van der Waals surface area (Å²) in [5, 5.41) is 0. The first-order valence-corrected chi connectivity index (χ1v) is 7.30. The van der Waals surface area contributed by atoms with Gasteiger partial charge in [0.2, 0.25) is 0 Å². The molecule has 2 nitrogen and oxygen atoms in total. The second kappa shape index (κ2) is 7.07. The van der Waals surface area contributed by atoms with E-state index in [4.69, 9.17) is 4.74 Å². The first-order chi connectivity index (χ1) is 10.1. The largest absolute Gasteiger partial charge is 0.496 e. The van der Waals surface area contributed by atoms with Crippen LogP contribution in [0, 0.1) is 13.8 Å². The van der Waals surface area contributed by atoms with Gasteiger partial charge in [-0.2, -0.15) is 0 Å². The maximum absolute atomic E-state index is 12.2. The third kappa shape index (κ3) is 4.19. The lowest BCUT2D eigenvalue weighted by Gasteiger charge is -2.09. The van der Waals surface area contributed by atoms with Crippen molar-refractivity contribution in [2.45, 2.75) is 33.1 Å². The summed E-state index contributed by atoms with van der Waals surface area (Å²) in [5.41, 5.74) is 4.63. The van der Waals surface area contributed by atoms with Crippen molar-refractivity contribution in [3.8, 4) is 5.75 Å². The number of hydrogen-bond donors (Lipinski definition) is 0. The van der Waals surface area contributed by atoms with Crippen LogP contribution < -0.4 is 4.74 Å². The van der Waals surface area contributed by atoms with Crippen LogP contribution in [-0.2, 0) is 17.6 Å². The Kier molecular flexibility index (Phi) is 5.15. The van der Waals surface area contributed by atoms with E-state index in [1.807, 2.05) is 37.3 Å². The molecular formula is C19H22O2. The van der Waals surface area contributed by atoms with E-state index >= 15 is 0 Å². The molecule has 0 unspecified atom stereocenters. The smallest absolute Gasteiger partial charge is 0.137 e. The number of benzene rings is 2. The van der Waals surface area contributed by atoms with Crippen LogP contribution in [-0.4, -0.2) is 12.9 Å². The molecule has 0 saturated heterocycles. The lowest BCUT2D eigenvalue weighted by molar-refractivity contribution is -0.118. The standard InChI is InChI=1S/C19H22O2/c1-14-8-11-19(21-3)17(12-14)13-18(20)10-9-16-7-5-4-6-15(16)2/h4-8,11-12H,9-10,13H2,1-3H3. The summed E-state index contributed by atoms with van der Waals surface area (Å²) in [6.45, 7) is 4.12. The molecule has 0 fully saturated rings. The minimum atomic E-state index is 0.252. The minimum Gasteiger partial charge on any atom is -0.496 e. The van der Waals surface area contributed by atoms with E-state index < -0.39 is 0 Å². The highest BCUT2D eigenvalue weighted by atomic mass is 16.5. The molecule has 0 spiro atoms. The van der Waals surface area contributed by atoms with Gasteiger partial charge in [0.25, 0.3) is 0 Å². The van der Waals surface area contributed by atoms with Crippen molar-refractivity contribution in [2.24, 2.45) is 0 Å². The van der Waals surface area contributed by atoms with Crippen LogP contribution in [0.25, 0.3) is 0 Å². The zero-order valence-corrected chi connectivity index (χ0v) is 13.0. The molecule has 0 aliphatic carbocycles. The second-order valence-corrected chi connectivity index (χ2v) is 5.46. The number of ether oxygens (including phenoxy) is 1. The Labute approximate surface area is 126 Å². The fraction of sp³-hybridized carbons (Fsp3) is 0.316. The summed E-state index contributed by atoms with van der Waals surface area (Å²) in [6.07, 6.45) is 1.82. The number of aryl methyl sites for hydroxylation is 3. The lowest BCUT2D eigenvalue weighted by atomic mass is 9.99. The molecule has 0 aliphatic heterocycles. The van der Waals surface area contributed by atoms with Gasteiger partial charge >= 0.3 is 0 Å². The fourth-order valence-electron chi connectivity index (χ4n) is 2.51. The number of ketones is 1. The van der Waals surface area contributed by atoms with Crippen molar-refractivity contribution < 1.29 is 9.53 Å². The van der Waals surface area contributed by atoms with Gasteiger partial charge in [-0.05, 0) is 37.5 Å². The first-order valence-electron chi connectivity index (χ1n) is 7.30. The van der Waals surface area contributed by atoms with Crippen molar-refractivity contribution in [1.82, 2.24) is 0 Å². The summed E-state index contributed by atoms with van der Waals surface area (Å²) < 4.78 is 5.33. The van der Waals surface area contributed by atoms with E-state index in [0.29, 0.717) is 12.8 Å². The maximum Gasteiger partial charge on any atom is 0.137 e. The molecule has 2 rings (SSSR count). The Balaban J connectivity index is 1.99. The summed E-state index contributed by atoms with van der Waals surface area (Å²) in [4.78, 5) is 12.2. The normalized spacial score (nSPS) is 10.4. The number of carbonyl (C=O) groups is 1. The third-order valence-corrected chi connectivity index (χ3v) is 3.76. The first kappa shape index (κ1) is 15.3. The van der Waals surface area contributed by atoms with Gasteiger partial charge in [-0.1, -0.05) is 42.0 Å². The average molecular weight is 282 g/mol. The quantitative estimate of drug-likeness (QED) is 0.798. The van der Waals surface area contributed by atoms with Crippen molar-refractivity contribution >= 4 is 5.78 Å². The molecule has 0 bridgehead atoms. The Hall–Kier alpha value is -2.09. The van der Waals surface area contributed by atoms with E-state index in [1.54, 1.807) is 7.11 Å². The zero-order valence-electron chi connectivity index (χ0n) is 13.0. The van der Waals surface area contributed by atoms with Crippen molar-refractivity contribution in [3.05, 3.63) is 64.7 Å². The number of carbonyl (C=O) groups excluding carboxylic acids is 1. The lowest BCUT2D eigenvalue weighted by Crippen LogP contribution is -2.06. The van der Waals surface area contributed by atoms with E-state index in [0.717, 1.165) is 23.3 Å². The van der Waals surface area contributed by atoms with Crippen LogP contribution in [0.5, 0.6) is 5.75 Å². The number of Topliss-reactive ketones (excluding diaryl/α,β-unsaturated/α-hetero) is 1. The molecule has 0 saturated carbocycles. The van der Waals surface area contributed by atoms with Crippen LogP contribution >= 0.6 is 0 Å². The molecule has 0 radical (unpaired) electrons. The number of rotatable bonds is 6. The predicted molar refractivity (Wildman–Crippen MR) is 85.9 cm³/mol. The molecule has 0 aliphatic rings. The molecule has 21 heavy (non-hydrogen) atoms. The highest BCUT2D eigenvalue weighted by Gasteiger charge is 2.10. The van der Waals surface area contributed by atoms with Crippen LogP contribution in [0.4, 0.5) is 0 Å². The molecule has 2 aromatic rings. The molecule has 2 aromatic carbocycles. The summed E-state index contributed by atoms with van der Waals surface area (Å²) in [5.74, 6) is 1.05. The van der Waals surface area contributed by atoms with Crippen molar-refractivity contribution in [1.29, 1.82) is 0 Å². The maximum atomic E-state index is 12.2. The molecule has 110 valence electrons. The summed E-state index contributed by atoms with van der Waals surface area (Å²) in [7, 11) is 1.64.